The fourth-order valence-electron chi connectivity index (χ4n) is 1.99. The van der Waals surface area contributed by atoms with E-state index in [9.17, 15) is 9.18 Å². The van der Waals surface area contributed by atoms with E-state index < -0.39 is 5.82 Å². The van der Waals surface area contributed by atoms with Gasteiger partial charge in [-0.25, -0.2) is 4.39 Å². The first-order chi connectivity index (χ1) is 9.26. The van der Waals surface area contributed by atoms with Gasteiger partial charge in [-0.05, 0) is 48.2 Å². The van der Waals surface area contributed by atoms with Crippen LogP contribution in [0.15, 0.2) is 42.5 Å². The van der Waals surface area contributed by atoms with Gasteiger partial charge >= 0.3 is 0 Å². The molecule has 2 nitrogen and oxygen atoms in total. The molecule has 3 heteroatoms. The second-order valence-corrected chi connectivity index (χ2v) is 4.69. The van der Waals surface area contributed by atoms with Crippen molar-refractivity contribution >= 4 is 6.29 Å². The molecule has 19 heavy (non-hydrogen) atoms. The molecule has 1 aliphatic rings. The Kier molecular flexibility index (Phi) is 3.03. The van der Waals surface area contributed by atoms with Crippen molar-refractivity contribution in [3.05, 3.63) is 53.8 Å². The molecule has 0 N–H and O–H groups in total. The van der Waals surface area contributed by atoms with E-state index in [4.69, 9.17) is 4.74 Å². The van der Waals surface area contributed by atoms with Crippen molar-refractivity contribution in [2.45, 2.75) is 18.9 Å². The van der Waals surface area contributed by atoms with Gasteiger partial charge in [-0.15, -0.1) is 0 Å². The average molecular weight is 256 g/mol. The summed E-state index contributed by atoms with van der Waals surface area (Å²) in [7, 11) is 0. The normalized spacial score (nSPS) is 14.2. The smallest absolute Gasteiger partial charge is 0.150 e. The Hall–Kier alpha value is -2.16. The van der Waals surface area contributed by atoms with Crippen LogP contribution in [0.25, 0.3) is 11.1 Å². The lowest BCUT2D eigenvalue weighted by molar-refractivity contribution is 0.112. The Morgan fingerprint density at radius 1 is 1.11 bits per heavy atom. The molecule has 0 heterocycles. The monoisotopic (exact) mass is 256 g/mol. The van der Waals surface area contributed by atoms with Crippen LogP contribution in [0, 0.1) is 5.82 Å². The summed E-state index contributed by atoms with van der Waals surface area (Å²) in [5, 5.41) is 0. The van der Waals surface area contributed by atoms with Crippen molar-refractivity contribution in [2.24, 2.45) is 0 Å². The number of hydrogen-bond acceptors (Lipinski definition) is 2. The molecule has 2 aromatic carbocycles. The molecule has 0 spiro atoms. The summed E-state index contributed by atoms with van der Waals surface area (Å²) in [6, 6.07) is 11.8. The topological polar surface area (TPSA) is 26.3 Å². The second kappa shape index (κ2) is 4.84. The van der Waals surface area contributed by atoms with E-state index in [0.717, 1.165) is 29.7 Å². The Morgan fingerprint density at radius 2 is 1.84 bits per heavy atom. The maximum Gasteiger partial charge on any atom is 0.150 e. The Bertz CT molecular complexity index is 601. The molecule has 0 saturated heterocycles. The summed E-state index contributed by atoms with van der Waals surface area (Å²) in [4.78, 5) is 11.0. The van der Waals surface area contributed by atoms with Gasteiger partial charge in [0.1, 0.15) is 11.6 Å². The van der Waals surface area contributed by atoms with Crippen LogP contribution in [0.4, 0.5) is 4.39 Å². The van der Waals surface area contributed by atoms with Gasteiger partial charge in [0.25, 0.3) is 0 Å². The minimum Gasteiger partial charge on any atom is -0.490 e. The molecule has 2 aromatic rings. The van der Waals surface area contributed by atoms with Crippen molar-refractivity contribution in [3.8, 4) is 16.9 Å². The molecule has 0 unspecified atom stereocenters. The average Bonchev–Trinajstić information content (AvgIpc) is 3.24. The predicted octanol–water partition coefficient (Wildman–Crippen LogP) is 3.85. The molecule has 3 rings (SSSR count). The largest absolute Gasteiger partial charge is 0.490 e. The Balaban J connectivity index is 1.90. The third-order valence-corrected chi connectivity index (χ3v) is 3.13. The molecule has 0 aromatic heterocycles. The van der Waals surface area contributed by atoms with Gasteiger partial charge in [0.15, 0.2) is 6.29 Å². The Labute approximate surface area is 110 Å². The molecule has 0 radical (unpaired) electrons. The zero-order valence-corrected chi connectivity index (χ0v) is 10.3. The first-order valence-electron chi connectivity index (χ1n) is 6.28. The number of hydrogen-bond donors (Lipinski definition) is 0. The first-order valence-corrected chi connectivity index (χ1v) is 6.28. The quantitative estimate of drug-likeness (QED) is 0.777. The van der Waals surface area contributed by atoms with E-state index in [1.165, 1.54) is 12.1 Å². The molecule has 0 amide bonds. The minimum absolute atomic E-state index is 0.357. The van der Waals surface area contributed by atoms with Crippen molar-refractivity contribution in [3.63, 3.8) is 0 Å². The highest BCUT2D eigenvalue weighted by Crippen LogP contribution is 2.29. The maximum absolute atomic E-state index is 13.1. The van der Waals surface area contributed by atoms with E-state index in [0.29, 0.717) is 18.0 Å². The van der Waals surface area contributed by atoms with Crippen LogP contribution in [-0.4, -0.2) is 12.4 Å². The lowest BCUT2D eigenvalue weighted by atomic mass is 10.0. The molecule has 0 atom stereocenters. The lowest BCUT2D eigenvalue weighted by Gasteiger charge is -2.08. The van der Waals surface area contributed by atoms with Crippen molar-refractivity contribution in [1.82, 2.24) is 0 Å². The molecule has 96 valence electrons. The number of carbonyl (C=O) groups is 1. The molecule has 1 fully saturated rings. The van der Waals surface area contributed by atoms with Gasteiger partial charge in [0.05, 0.1) is 6.10 Å². The summed E-state index contributed by atoms with van der Waals surface area (Å²) in [5.74, 6) is 0.431. The zero-order chi connectivity index (χ0) is 13.2. The highest BCUT2D eigenvalue weighted by atomic mass is 19.1. The van der Waals surface area contributed by atoms with E-state index in [1.807, 2.05) is 24.3 Å². The van der Waals surface area contributed by atoms with Crippen LogP contribution in [0.5, 0.6) is 5.75 Å². The van der Waals surface area contributed by atoms with E-state index in [2.05, 4.69) is 0 Å². The van der Waals surface area contributed by atoms with Gasteiger partial charge in [-0.1, -0.05) is 18.2 Å². The van der Waals surface area contributed by atoms with Crippen molar-refractivity contribution in [2.75, 3.05) is 0 Å². The van der Waals surface area contributed by atoms with E-state index in [-0.39, 0.29) is 0 Å². The van der Waals surface area contributed by atoms with Gasteiger partial charge in [0.2, 0.25) is 0 Å². The summed E-state index contributed by atoms with van der Waals surface area (Å²) in [5.41, 5.74) is 1.97. The predicted molar refractivity (Wildman–Crippen MR) is 70.9 cm³/mol. The van der Waals surface area contributed by atoms with Crippen LogP contribution in [0.1, 0.15) is 23.2 Å². The maximum atomic E-state index is 13.1. The summed E-state index contributed by atoms with van der Waals surface area (Å²) in [6.45, 7) is 0. The molecule has 0 aliphatic heterocycles. The molecule has 1 saturated carbocycles. The first kappa shape index (κ1) is 11.9. The summed E-state index contributed by atoms with van der Waals surface area (Å²) < 4.78 is 18.7. The van der Waals surface area contributed by atoms with Gasteiger partial charge in [-0.2, -0.15) is 0 Å². The highest BCUT2D eigenvalue weighted by molar-refractivity contribution is 5.87. The van der Waals surface area contributed by atoms with Crippen molar-refractivity contribution in [1.29, 1.82) is 0 Å². The number of benzene rings is 2. The Morgan fingerprint density at radius 3 is 2.47 bits per heavy atom. The summed E-state index contributed by atoms with van der Waals surface area (Å²) >= 11 is 0. The fourth-order valence-corrected chi connectivity index (χ4v) is 1.99. The van der Waals surface area contributed by atoms with E-state index in [1.54, 1.807) is 6.07 Å². The van der Waals surface area contributed by atoms with Crippen LogP contribution < -0.4 is 4.74 Å². The third kappa shape index (κ3) is 2.65. The second-order valence-electron chi connectivity index (χ2n) is 4.69. The molecular weight excluding hydrogens is 243 g/mol. The zero-order valence-electron chi connectivity index (χ0n) is 10.3. The van der Waals surface area contributed by atoms with Crippen LogP contribution in [0.3, 0.4) is 0 Å². The van der Waals surface area contributed by atoms with Crippen molar-refractivity contribution < 1.29 is 13.9 Å². The standard InChI is InChI=1S/C16H13FO2/c17-13-3-8-16(12(9-13)10-18)11-1-4-14(5-2-11)19-15-6-7-15/h1-5,8-10,15H,6-7H2. The van der Waals surface area contributed by atoms with Crippen LogP contribution in [0.2, 0.25) is 0 Å². The van der Waals surface area contributed by atoms with Gasteiger partial charge < -0.3 is 4.74 Å². The van der Waals surface area contributed by atoms with Gasteiger partial charge in [-0.3, -0.25) is 4.79 Å². The number of rotatable bonds is 4. The third-order valence-electron chi connectivity index (χ3n) is 3.13. The SMILES string of the molecule is O=Cc1cc(F)ccc1-c1ccc(OC2CC2)cc1. The minimum atomic E-state index is -0.403. The number of carbonyl (C=O) groups excluding carboxylic acids is 1. The molecular formula is C16H13FO2. The van der Waals surface area contributed by atoms with Crippen LogP contribution >= 0.6 is 0 Å². The number of aldehydes is 1. The number of halogens is 1. The molecule has 0 bridgehead atoms. The fraction of sp³-hybridized carbons (Fsp3) is 0.188. The van der Waals surface area contributed by atoms with Gasteiger partial charge in [0, 0.05) is 5.56 Å². The molecule has 1 aliphatic carbocycles. The highest BCUT2D eigenvalue weighted by Gasteiger charge is 2.23. The summed E-state index contributed by atoms with van der Waals surface area (Å²) in [6.07, 6.45) is 3.28. The lowest BCUT2D eigenvalue weighted by Crippen LogP contribution is -1.95. The van der Waals surface area contributed by atoms with Crippen LogP contribution in [-0.2, 0) is 0 Å². The number of ether oxygens (including phenoxy) is 1. The van der Waals surface area contributed by atoms with E-state index >= 15 is 0 Å².